The van der Waals surface area contributed by atoms with E-state index in [-0.39, 0.29) is 17.1 Å². The molecule has 1 atom stereocenters. The van der Waals surface area contributed by atoms with E-state index in [1.807, 2.05) is 0 Å². The van der Waals surface area contributed by atoms with Crippen LogP contribution in [0.4, 0.5) is 13.2 Å². The van der Waals surface area contributed by atoms with Crippen molar-refractivity contribution in [3.8, 4) is 0 Å². The minimum atomic E-state index is -4.46. The summed E-state index contributed by atoms with van der Waals surface area (Å²) in [6, 6.07) is 3.51. The van der Waals surface area contributed by atoms with E-state index in [0.29, 0.717) is 6.42 Å². The molecule has 0 aliphatic rings. The third-order valence-corrected chi connectivity index (χ3v) is 4.49. The number of benzene rings is 1. The lowest BCUT2D eigenvalue weighted by molar-refractivity contribution is -0.137. The first-order chi connectivity index (χ1) is 8.65. The van der Waals surface area contributed by atoms with Crippen molar-refractivity contribution in [3.05, 3.63) is 35.4 Å². The van der Waals surface area contributed by atoms with Crippen molar-refractivity contribution in [2.45, 2.75) is 25.6 Å². The first-order valence-electron chi connectivity index (χ1n) is 5.79. The Morgan fingerprint density at radius 3 is 2.47 bits per heavy atom. The molecular weight excluding hydrogens is 279 g/mol. The monoisotopic (exact) mass is 295 g/mol. The Morgan fingerprint density at radius 1 is 1.32 bits per heavy atom. The molecule has 3 nitrogen and oxygen atoms in total. The standard InChI is InChI=1S/C12H16F3NO2S/c1-2-6-19(17,18)8-11(16)9-4-3-5-10(7-9)12(13,14)15/h3-5,7,11H,2,6,8,16H2,1H3. The quantitative estimate of drug-likeness (QED) is 0.908. The van der Waals surface area contributed by atoms with Crippen LogP contribution in [0.25, 0.3) is 0 Å². The lowest BCUT2D eigenvalue weighted by Gasteiger charge is -2.14. The van der Waals surface area contributed by atoms with Gasteiger partial charge in [-0.25, -0.2) is 8.42 Å². The van der Waals surface area contributed by atoms with Crippen LogP contribution in [0.15, 0.2) is 24.3 Å². The minimum absolute atomic E-state index is 0.0142. The van der Waals surface area contributed by atoms with Gasteiger partial charge in [-0.05, 0) is 24.1 Å². The van der Waals surface area contributed by atoms with Crippen molar-refractivity contribution in [2.75, 3.05) is 11.5 Å². The van der Waals surface area contributed by atoms with Gasteiger partial charge >= 0.3 is 6.18 Å². The fourth-order valence-corrected chi connectivity index (χ4v) is 3.24. The second-order valence-electron chi connectivity index (χ2n) is 4.34. The topological polar surface area (TPSA) is 60.2 Å². The van der Waals surface area contributed by atoms with Crippen LogP contribution in [0.5, 0.6) is 0 Å². The average molecular weight is 295 g/mol. The zero-order chi connectivity index (χ0) is 14.7. The highest BCUT2D eigenvalue weighted by molar-refractivity contribution is 7.91. The molecule has 0 aliphatic heterocycles. The van der Waals surface area contributed by atoms with Crippen molar-refractivity contribution in [3.63, 3.8) is 0 Å². The number of hydrogen-bond donors (Lipinski definition) is 1. The summed E-state index contributed by atoms with van der Waals surface area (Å²) in [6.45, 7) is 1.72. The molecule has 1 aromatic rings. The summed E-state index contributed by atoms with van der Waals surface area (Å²) in [5.41, 5.74) is 5.03. The third-order valence-electron chi connectivity index (χ3n) is 2.59. The average Bonchev–Trinajstić information content (AvgIpc) is 2.27. The maximum Gasteiger partial charge on any atom is 0.416 e. The SMILES string of the molecule is CCCS(=O)(=O)CC(N)c1cccc(C(F)(F)F)c1. The van der Waals surface area contributed by atoms with Gasteiger partial charge in [0.1, 0.15) is 0 Å². The lowest BCUT2D eigenvalue weighted by Crippen LogP contribution is -2.23. The van der Waals surface area contributed by atoms with Crippen LogP contribution >= 0.6 is 0 Å². The molecule has 7 heteroatoms. The van der Waals surface area contributed by atoms with E-state index in [1.165, 1.54) is 12.1 Å². The molecular formula is C12H16F3NO2S. The second kappa shape index (κ2) is 5.92. The number of sulfone groups is 1. The molecule has 0 aromatic heterocycles. The molecule has 0 saturated heterocycles. The van der Waals surface area contributed by atoms with E-state index in [4.69, 9.17) is 5.73 Å². The summed E-state index contributed by atoms with van der Waals surface area (Å²) < 4.78 is 60.8. The lowest BCUT2D eigenvalue weighted by atomic mass is 10.1. The first kappa shape index (κ1) is 16.0. The molecule has 1 aromatic carbocycles. The molecule has 0 heterocycles. The van der Waals surface area contributed by atoms with E-state index in [2.05, 4.69) is 0 Å². The zero-order valence-corrected chi connectivity index (χ0v) is 11.3. The molecule has 0 bridgehead atoms. The highest BCUT2D eigenvalue weighted by Gasteiger charge is 2.31. The van der Waals surface area contributed by atoms with E-state index in [1.54, 1.807) is 6.92 Å². The van der Waals surface area contributed by atoms with Crippen LogP contribution in [0, 0.1) is 0 Å². The highest BCUT2D eigenvalue weighted by atomic mass is 32.2. The second-order valence-corrected chi connectivity index (χ2v) is 6.57. The number of halogens is 3. The number of alkyl halides is 3. The van der Waals surface area contributed by atoms with Crippen molar-refractivity contribution < 1.29 is 21.6 Å². The van der Waals surface area contributed by atoms with Gasteiger partial charge in [0, 0.05) is 11.8 Å². The van der Waals surface area contributed by atoms with Gasteiger partial charge in [-0.2, -0.15) is 13.2 Å². The van der Waals surface area contributed by atoms with Crippen LogP contribution in [-0.4, -0.2) is 19.9 Å². The van der Waals surface area contributed by atoms with Crippen LogP contribution in [0.2, 0.25) is 0 Å². The molecule has 0 radical (unpaired) electrons. The van der Waals surface area contributed by atoms with Gasteiger partial charge in [-0.1, -0.05) is 19.1 Å². The van der Waals surface area contributed by atoms with Gasteiger partial charge in [0.05, 0.1) is 11.3 Å². The van der Waals surface area contributed by atoms with E-state index in [0.717, 1.165) is 12.1 Å². The normalized spacial score (nSPS) is 14.4. The Labute approximate surface area is 110 Å². The molecule has 1 rings (SSSR count). The summed E-state index contributed by atoms with van der Waals surface area (Å²) in [4.78, 5) is 0. The fourth-order valence-electron chi connectivity index (χ4n) is 1.71. The van der Waals surface area contributed by atoms with Crippen LogP contribution in [0.3, 0.4) is 0 Å². The van der Waals surface area contributed by atoms with E-state index >= 15 is 0 Å². The van der Waals surface area contributed by atoms with Crippen LogP contribution < -0.4 is 5.73 Å². The fraction of sp³-hybridized carbons (Fsp3) is 0.500. The van der Waals surface area contributed by atoms with E-state index in [9.17, 15) is 21.6 Å². The molecule has 19 heavy (non-hydrogen) atoms. The van der Waals surface area contributed by atoms with Gasteiger partial charge in [0.25, 0.3) is 0 Å². The Kier molecular flexibility index (Phi) is 4.98. The molecule has 0 saturated carbocycles. The minimum Gasteiger partial charge on any atom is -0.323 e. The van der Waals surface area contributed by atoms with Gasteiger partial charge in [0.15, 0.2) is 9.84 Å². The van der Waals surface area contributed by atoms with Gasteiger partial charge in [-0.3, -0.25) is 0 Å². The molecule has 108 valence electrons. The Balaban J connectivity index is 2.92. The molecule has 1 unspecified atom stereocenters. The van der Waals surface area contributed by atoms with Crippen molar-refractivity contribution in [2.24, 2.45) is 5.73 Å². The summed E-state index contributed by atoms with van der Waals surface area (Å²) in [7, 11) is -3.33. The number of rotatable bonds is 5. The Bertz CT molecular complexity index is 526. The van der Waals surface area contributed by atoms with Crippen molar-refractivity contribution in [1.82, 2.24) is 0 Å². The largest absolute Gasteiger partial charge is 0.416 e. The van der Waals surface area contributed by atoms with Crippen LogP contribution in [-0.2, 0) is 16.0 Å². The summed E-state index contributed by atoms with van der Waals surface area (Å²) in [5, 5.41) is 0. The summed E-state index contributed by atoms with van der Waals surface area (Å²) in [6.07, 6.45) is -4.00. The van der Waals surface area contributed by atoms with E-state index < -0.39 is 27.6 Å². The summed E-state index contributed by atoms with van der Waals surface area (Å²) >= 11 is 0. The molecule has 0 fully saturated rings. The number of hydrogen-bond acceptors (Lipinski definition) is 3. The molecule has 0 amide bonds. The van der Waals surface area contributed by atoms with Gasteiger partial charge in [0.2, 0.25) is 0 Å². The predicted octanol–water partition coefficient (Wildman–Crippen LogP) is 2.53. The smallest absolute Gasteiger partial charge is 0.323 e. The number of nitrogens with two attached hydrogens (primary N) is 1. The van der Waals surface area contributed by atoms with Crippen LogP contribution in [0.1, 0.15) is 30.5 Å². The molecule has 0 aliphatic carbocycles. The van der Waals surface area contributed by atoms with Gasteiger partial charge in [-0.15, -0.1) is 0 Å². The first-order valence-corrected chi connectivity index (χ1v) is 7.61. The van der Waals surface area contributed by atoms with Gasteiger partial charge < -0.3 is 5.73 Å². The Morgan fingerprint density at radius 2 is 1.95 bits per heavy atom. The highest BCUT2D eigenvalue weighted by Crippen LogP contribution is 2.30. The maximum atomic E-state index is 12.5. The maximum absolute atomic E-state index is 12.5. The predicted molar refractivity (Wildman–Crippen MR) is 67.3 cm³/mol. The summed E-state index contributed by atoms with van der Waals surface area (Å²) in [5.74, 6) is -0.359. The van der Waals surface area contributed by atoms with Crippen molar-refractivity contribution in [1.29, 1.82) is 0 Å². The van der Waals surface area contributed by atoms with Crippen molar-refractivity contribution >= 4 is 9.84 Å². The third kappa shape index (κ3) is 4.83. The molecule has 2 N–H and O–H groups in total. The zero-order valence-electron chi connectivity index (χ0n) is 10.4. The Hall–Kier alpha value is -1.08. The molecule has 0 spiro atoms.